The third-order valence-electron chi connectivity index (χ3n) is 3.95. The number of benzene rings is 3. The van der Waals surface area contributed by atoms with E-state index in [-0.39, 0.29) is 0 Å². The summed E-state index contributed by atoms with van der Waals surface area (Å²) in [6.45, 7) is 4.46. The summed E-state index contributed by atoms with van der Waals surface area (Å²) in [7, 11) is -1.91. The van der Waals surface area contributed by atoms with Gasteiger partial charge in [0.25, 0.3) is 0 Å². The molecule has 0 aliphatic heterocycles. The minimum atomic E-state index is -1.91. The molecule has 21 heavy (non-hydrogen) atoms. The second-order valence-corrected chi connectivity index (χ2v) is 12.6. The number of halogens is 1. The highest BCUT2D eigenvalue weighted by Gasteiger charge is 2.33. The van der Waals surface area contributed by atoms with E-state index < -0.39 is 7.38 Å². The highest BCUT2D eigenvalue weighted by atomic mass is 35.6. The van der Waals surface area contributed by atoms with E-state index in [0.29, 0.717) is 5.54 Å². The van der Waals surface area contributed by atoms with Crippen LogP contribution in [0.2, 0.25) is 13.1 Å². The molecule has 2 heteroatoms. The molecule has 0 saturated heterocycles. The maximum Gasteiger partial charge on any atom is 0.162 e. The van der Waals surface area contributed by atoms with Crippen molar-refractivity contribution in [3.05, 3.63) is 83.9 Å². The van der Waals surface area contributed by atoms with Crippen molar-refractivity contribution in [2.45, 2.75) is 18.6 Å². The van der Waals surface area contributed by atoms with Crippen molar-refractivity contribution in [1.29, 1.82) is 0 Å². The maximum atomic E-state index is 6.91. The maximum absolute atomic E-state index is 6.91. The molecule has 3 aromatic carbocycles. The molecule has 3 aromatic rings. The minimum absolute atomic E-state index is 0.298. The second-order valence-electron chi connectivity index (χ2n) is 5.98. The van der Waals surface area contributed by atoms with Crippen molar-refractivity contribution in [1.82, 2.24) is 0 Å². The lowest BCUT2D eigenvalue weighted by atomic mass is 9.98. The first kappa shape index (κ1) is 14.4. The van der Waals surface area contributed by atoms with Gasteiger partial charge < -0.3 is 0 Å². The summed E-state index contributed by atoms with van der Waals surface area (Å²) in [5.41, 5.74) is 2.97. The lowest BCUT2D eigenvalue weighted by Gasteiger charge is -2.28. The van der Waals surface area contributed by atoms with E-state index in [1.807, 2.05) is 0 Å². The third kappa shape index (κ3) is 2.90. The fraction of sp³-hybridized carbons (Fsp3) is 0.158. The van der Waals surface area contributed by atoms with Crippen LogP contribution in [-0.2, 0) is 0 Å². The molecule has 3 rings (SSSR count). The molecule has 0 aliphatic rings. The van der Waals surface area contributed by atoms with E-state index in [9.17, 15) is 0 Å². The lowest BCUT2D eigenvalue weighted by molar-refractivity contribution is 1.11. The summed E-state index contributed by atoms with van der Waals surface area (Å²) in [6, 6.07) is 25.8. The van der Waals surface area contributed by atoms with E-state index in [1.54, 1.807) is 0 Å². The van der Waals surface area contributed by atoms with Crippen LogP contribution >= 0.6 is 11.1 Å². The van der Waals surface area contributed by atoms with Gasteiger partial charge in [-0.25, -0.2) is 0 Å². The number of hydrogen-bond donors (Lipinski definition) is 0. The molecule has 0 heterocycles. The zero-order valence-electron chi connectivity index (χ0n) is 12.4. The SMILES string of the molecule is C[Si](C)(Cl)[C@H](c1ccccc1)c1cccc2ccccc12. The molecule has 0 N–H and O–H groups in total. The van der Waals surface area contributed by atoms with Gasteiger partial charge in [-0.15, -0.1) is 0 Å². The molecule has 0 bridgehead atoms. The highest BCUT2D eigenvalue weighted by Crippen LogP contribution is 2.39. The average molecular weight is 311 g/mol. The van der Waals surface area contributed by atoms with Crippen LogP contribution in [0, 0.1) is 0 Å². The van der Waals surface area contributed by atoms with E-state index >= 15 is 0 Å². The van der Waals surface area contributed by atoms with Crippen molar-refractivity contribution in [2.75, 3.05) is 0 Å². The Hall–Kier alpha value is -1.57. The largest absolute Gasteiger partial charge is 0.167 e. The minimum Gasteiger partial charge on any atom is -0.167 e. The van der Waals surface area contributed by atoms with Gasteiger partial charge in [0, 0.05) is 5.54 Å². The average Bonchev–Trinajstić information content (AvgIpc) is 2.47. The van der Waals surface area contributed by atoms with Crippen molar-refractivity contribution in [3.63, 3.8) is 0 Å². The van der Waals surface area contributed by atoms with Crippen LogP contribution in [-0.4, -0.2) is 7.38 Å². The van der Waals surface area contributed by atoms with Crippen molar-refractivity contribution >= 4 is 29.2 Å². The monoisotopic (exact) mass is 310 g/mol. The molecule has 0 nitrogen and oxygen atoms in total. The first-order valence-electron chi connectivity index (χ1n) is 7.29. The Kier molecular flexibility index (Phi) is 3.88. The Morgan fingerprint density at radius 3 is 2.10 bits per heavy atom. The Labute approximate surface area is 132 Å². The predicted molar refractivity (Wildman–Crippen MR) is 95.6 cm³/mol. The molecule has 106 valence electrons. The zero-order valence-corrected chi connectivity index (χ0v) is 14.1. The quantitative estimate of drug-likeness (QED) is 0.414. The van der Waals surface area contributed by atoms with Gasteiger partial charge in [0.2, 0.25) is 0 Å². The van der Waals surface area contributed by atoms with Crippen LogP contribution < -0.4 is 0 Å². The highest BCUT2D eigenvalue weighted by molar-refractivity contribution is 7.20. The van der Waals surface area contributed by atoms with Crippen LogP contribution in [0.25, 0.3) is 10.8 Å². The van der Waals surface area contributed by atoms with E-state index in [4.69, 9.17) is 11.1 Å². The van der Waals surface area contributed by atoms with Crippen LogP contribution in [0.15, 0.2) is 72.8 Å². The van der Waals surface area contributed by atoms with E-state index in [0.717, 1.165) is 0 Å². The zero-order chi connectivity index (χ0) is 14.9. The molecule has 0 saturated carbocycles. The smallest absolute Gasteiger partial charge is 0.162 e. The first-order chi connectivity index (χ1) is 10.1. The summed E-state index contributed by atoms with van der Waals surface area (Å²) < 4.78 is 0. The van der Waals surface area contributed by atoms with Crippen molar-refractivity contribution < 1.29 is 0 Å². The number of fused-ring (bicyclic) bond motifs is 1. The summed E-state index contributed by atoms with van der Waals surface area (Å²) in [4.78, 5) is 0. The molecule has 0 fully saturated rings. The summed E-state index contributed by atoms with van der Waals surface area (Å²) in [5.74, 6) is 0. The van der Waals surface area contributed by atoms with E-state index in [2.05, 4.69) is 85.9 Å². The fourth-order valence-corrected chi connectivity index (χ4v) is 5.80. The van der Waals surface area contributed by atoms with E-state index in [1.165, 1.54) is 21.9 Å². The molecule has 0 aromatic heterocycles. The molecular formula is C19H19ClSi. The predicted octanol–water partition coefficient (Wildman–Crippen LogP) is 5.95. The van der Waals surface area contributed by atoms with Gasteiger partial charge in [-0.05, 0) is 21.9 Å². The Morgan fingerprint density at radius 1 is 0.762 bits per heavy atom. The van der Waals surface area contributed by atoms with Crippen molar-refractivity contribution in [3.8, 4) is 0 Å². The normalized spacial score (nSPS) is 13.3. The summed E-state index contributed by atoms with van der Waals surface area (Å²) in [6.07, 6.45) is 0. The van der Waals surface area contributed by atoms with Gasteiger partial charge in [0.15, 0.2) is 7.38 Å². The van der Waals surface area contributed by atoms with Gasteiger partial charge in [0.1, 0.15) is 0 Å². The number of hydrogen-bond acceptors (Lipinski definition) is 0. The van der Waals surface area contributed by atoms with Crippen LogP contribution in [0.5, 0.6) is 0 Å². The molecule has 0 unspecified atom stereocenters. The fourth-order valence-electron chi connectivity index (χ4n) is 3.09. The molecule has 0 radical (unpaired) electrons. The molecule has 0 spiro atoms. The number of rotatable bonds is 3. The lowest BCUT2D eigenvalue weighted by Crippen LogP contribution is -2.29. The van der Waals surface area contributed by atoms with Gasteiger partial charge in [-0.2, -0.15) is 11.1 Å². The van der Waals surface area contributed by atoms with Crippen LogP contribution in [0.1, 0.15) is 16.7 Å². The topological polar surface area (TPSA) is 0 Å². The molecule has 0 aliphatic carbocycles. The van der Waals surface area contributed by atoms with Gasteiger partial charge >= 0.3 is 0 Å². The Morgan fingerprint density at radius 2 is 1.38 bits per heavy atom. The van der Waals surface area contributed by atoms with Crippen molar-refractivity contribution in [2.24, 2.45) is 0 Å². The summed E-state index contributed by atoms with van der Waals surface area (Å²) >= 11 is 6.91. The molecule has 0 amide bonds. The summed E-state index contributed by atoms with van der Waals surface area (Å²) in [5, 5.41) is 2.60. The van der Waals surface area contributed by atoms with Crippen LogP contribution in [0.3, 0.4) is 0 Å². The first-order valence-corrected chi connectivity index (χ1v) is 11.4. The Bertz CT molecular complexity index is 739. The molecule has 1 atom stereocenters. The van der Waals surface area contributed by atoms with Gasteiger partial charge in [0.05, 0.1) is 0 Å². The second kappa shape index (κ2) is 5.67. The van der Waals surface area contributed by atoms with Gasteiger partial charge in [-0.3, -0.25) is 0 Å². The molecular weight excluding hydrogens is 292 g/mol. The van der Waals surface area contributed by atoms with Gasteiger partial charge in [-0.1, -0.05) is 85.9 Å². The Balaban J connectivity index is 2.25. The third-order valence-corrected chi connectivity index (χ3v) is 6.63. The van der Waals surface area contributed by atoms with Crippen LogP contribution in [0.4, 0.5) is 0 Å². The standard InChI is InChI=1S/C19H19ClSi/c1-21(2,20)19(16-10-4-3-5-11-16)18-14-8-12-15-9-6-7-13-17(15)18/h3-14,19H,1-2H3/t19-/m1/s1.